The second-order valence-corrected chi connectivity index (χ2v) is 7.74. The van der Waals surface area contributed by atoms with E-state index in [9.17, 15) is 0 Å². The highest BCUT2D eigenvalue weighted by molar-refractivity contribution is 7.09. The molecule has 0 N–H and O–H groups in total. The van der Waals surface area contributed by atoms with Crippen molar-refractivity contribution in [1.29, 1.82) is 0 Å². The maximum absolute atomic E-state index is 6.33. The van der Waals surface area contributed by atoms with Gasteiger partial charge in [0, 0.05) is 37.3 Å². The van der Waals surface area contributed by atoms with E-state index in [4.69, 9.17) is 9.47 Å². The maximum Gasteiger partial charge on any atom is 0.107 e. The summed E-state index contributed by atoms with van der Waals surface area (Å²) in [4.78, 5) is 8.02. The van der Waals surface area contributed by atoms with Crippen molar-refractivity contribution in [1.82, 2.24) is 9.88 Å². The lowest BCUT2D eigenvalue weighted by Crippen LogP contribution is -2.57. The standard InChI is InChI=1S/C19H24N2O2S/c1-2-5-16(6-3-1)13-22-18-7-9-21(12-17-11-20-15-24-17)14-19(18)8-4-10-23-19/h1-3,5-6,11,15,18H,4,7-10,12-14H2/t18-,19-/m0/s1. The van der Waals surface area contributed by atoms with Crippen LogP contribution in [0.15, 0.2) is 42.0 Å². The van der Waals surface area contributed by atoms with Crippen LogP contribution in [0.4, 0.5) is 0 Å². The van der Waals surface area contributed by atoms with Crippen LogP contribution in [0.25, 0.3) is 0 Å². The van der Waals surface area contributed by atoms with Gasteiger partial charge in [0.15, 0.2) is 0 Å². The van der Waals surface area contributed by atoms with E-state index >= 15 is 0 Å². The molecule has 5 heteroatoms. The zero-order valence-corrected chi connectivity index (χ0v) is 14.7. The van der Waals surface area contributed by atoms with Crippen LogP contribution in [0, 0.1) is 0 Å². The Bertz CT molecular complexity index is 626. The molecular formula is C19H24N2O2S. The quantitative estimate of drug-likeness (QED) is 0.832. The first-order chi connectivity index (χ1) is 11.8. The SMILES string of the molecule is c1ccc(CO[C@H]2CCN(Cc3cncs3)C[C@@]23CCCO3)cc1. The number of hydrogen-bond donors (Lipinski definition) is 0. The van der Waals surface area contributed by atoms with Crippen LogP contribution in [0.1, 0.15) is 29.7 Å². The Morgan fingerprint density at radius 1 is 1.33 bits per heavy atom. The molecule has 4 rings (SSSR count). The molecule has 1 aromatic carbocycles. The minimum atomic E-state index is -0.127. The average molecular weight is 344 g/mol. The van der Waals surface area contributed by atoms with Gasteiger partial charge in [-0.1, -0.05) is 30.3 Å². The number of thiazole rings is 1. The third kappa shape index (κ3) is 3.54. The molecule has 3 heterocycles. The number of piperidine rings is 1. The highest BCUT2D eigenvalue weighted by Gasteiger charge is 2.47. The van der Waals surface area contributed by atoms with Crippen LogP contribution in [0.3, 0.4) is 0 Å². The summed E-state index contributed by atoms with van der Waals surface area (Å²) in [6.45, 7) is 4.53. The lowest BCUT2D eigenvalue weighted by molar-refractivity contribution is -0.160. The molecule has 4 nitrogen and oxygen atoms in total. The van der Waals surface area contributed by atoms with Gasteiger partial charge < -0.3 is 9.47 Å². The predicted octanol–water partition coefficient (Wildman–Crippen LogP) is 3.48. The minimum absolute atomic E-state index is 0.127. The molecule has 0 unspecified atom stereocenters. The van der Waals surface area contributed by atoms with Crippen molar-refractivity contribution < 1.29 is 9.47 Å². The largest absolute Gasteiger partial charge is 0.371 e. The Balaban J connectivity index is 1.41. The van der Waals surface area contributed by atoms with Gasteiger partial charge in [0.2, 0.25) is 0 Å². The topological polar surface area (TPSA) is 34.6 Å². The Morgan fingerprint density at radius 3 is 3.00 bits per heavy atom. The Morgan fingerprint density at radius 2 is 2.25 bits per heavy atom. The van der Waals surface area contributed by atoms with Gasteiger partial charge >= 0.3 is 0 Å². The number of likely N-dealkylation sites (tertiary alicyclic amines) is 1. The molecule has 0 amide bonds. The van der Waals surface area contributed by atoms with Crippen molar-refractivity contribution in [2.75, 3.05) is 19.7 Å². The van der Waals surface area contributed by atoms with E-state index in [2.05, 4.69) is 34.1 Å². The Labute approximate surface area is 147 Å². The molecule has 2 fully saturated rings. The summed E-state index contributed by atoms with van der Waals surface area (Å²) in [5.74, 6) is 0. The van der Waals surface area contributed by atoms with Gasteiger partial charge in [0.25, 0.3) is 0 Å². The molecule has 0 radical (unpaired) electrons. The summed E-state index contributed by atoms with van der Waals surface area (Å²) in [7, 11) is 0. The summed E-state index contributed by atoms with van der Waals surface area (Å²) in [5, 5.41) is 0. The normalized spacial score (nSPS) is 27.8. The molecule has 1 spiro atoms. The van der Waals surface area contributed by atoms with Crippen LogP contribution >= 0.6 is 11.3 Å². The predicted molar refractivity (Wildman–Crippen MR) is 94.9 cm³/mol. The van der Waals surface area contributed by atoms with Crippen molar-refractivity contribution >= 4 is 11.3 Å². The van der Waals surface area contributed by atoms with Gasteiger partial charge in [0.1, 0.15) is 5.60 Å². The van der Waals surface area contributed by atoms with Crippen molar-refractivity contribution in [3.63, 3.8) is 0 Å². The zero-order valence-electron chi connectivity index (χ0n) is 13.9. The molecule has 2 atom stereocenters. The summed E-state index contributed by atoms with van der Waals surface area (Å²) in [6, 6.07) is 10.4. The molecule has 2 aromatic rings. The fraction of sp³-hybridized carbons (Fsp3) is 0.526. The van der Waals surface area contributed by atoms with Crippen molar-refractivity contribution in [3.05, 3.63) is 52.5 Å². The molecule has 24 heavy (non-hydrogen) atoms. The Kier molecular flexibility index (Phi) is 4.94. The summed E-state index contributed by atoms with van der Waals surface area (Å²) < 4.78 is 12.6. The van der Waals surface area contributed by atoms with E-state index in [-0.39, 0.29) is 11.7 Å². The van der Waals surface area contributed by atoms with E-state index in [0.717, 1.165) is 45.5 Å². The molecule has 2 aliphatic rings. The molecule has 2 aliphatic heterocycles. The lowest BCUT2D eigenvalue weighted by Gasteiger charge is -2.45. The van der Waals surface area contributed by atoms with Gasteiger partial charge in [-0.05, 0) is 24.8 Å². The first kappa shape index (κ1) is 16.2. The second-order valence-electron chi connectivity index (χ2n) is 6.77. The third-order valence-electron chi connectivity index (χ3n) is 5.08. The first-order valence-electron chi connectivity index (χ1n) is 8.73. The Hall–Kier alpha value is -1.27. The highest BCUT2D eigenvalue weighted by atomic mass is 32.1. The van der Waals surface area contributed by atoms with Crippen LogP contribution in [-0.4, -0.2) is 41.3 Å². The summed E-state index contributed by atoms with van der Waals surface area (Å²) >= 11 is 1.73. The fourth-order valence-corrected chi connectivity index (χ4v) is 4.54. The molecule has 0 saturated carbocycles. The number of nitrogens with zero attached hydrogens (tertiary/aromatic N) is 2. The van der Waals surface area contributed by atoms with Gasteiger partial charge in [-0.2, -0.15) is 0 Å². The third-order valence-corrected chi connectivity index (χ3v) is 5.84. The molecule has 2 saturated heterocycles. The fourth-order valence-electron chi connectivity index (χ4n) is 3.90. The highest BCUT2D eigenvalue weighted by Crippen LogP contribution is 2.37. The minimum Gasteiger partial charge on any atom is -0.371 e. The number of ether oxygens (including phenoxy) is 2. The van der Waals surface area contributed by atoms with Crippen LogP contribution in [-0.2, 0) is 22.6 Å². The molecule has 1 aromatic heterocycles. The van der Waals surface area contributed by atoms with E-state index < -0.39 is 0 Å². The number of aromatic nitrogens is 1. The second kappa shape index (κ2) is 7.31. The summed E-state index contributed by atoms with van der Waals surface area (Å²) in [6.07, 6.45) is 5.44. The number of benzene rings is 1. The van der Waals surface area contributed by atoms with Crippen LogP contribution < -0.4 is 0 Å². The van der Waals surface area contributed by atoms with Gasteiger partial charge in [-0.3, -0.25) is 9.88 Å². The van der Waals surface area contributed by atoms with Gasteiger partial charge in [0.05, 0.1) is 18.2 Å². The van der Waals surface area contributed by atoms with Crippen molar-refractivity contribution in [2.45, 2.75) is 44.1 Å². The first-order valence-corrected chi connectivity index (χ1v) is 9.61. The monoisotopic (exact) mass is 344 g/mol. The zero-order chi connectivity index (χ0) is 16.2. The van der Waals surface area contributed by atoms with Crippen molar-refractivity contribution in [2.24, 2.45) is 0 Å². The summed E-state index contributed by atoms with van der Waals surface area (Å²) in [5.41, 5.74) is 3.02. The van der Waals surface area contributed by atoms with Crippen LogP contribution in [0.5, 0.6) is 0 Å². The number of rotatable bonds is 5. The van der Waals surface area contributed by atoms with E-state index in [0.29, 0.717) is 6.61 Å². The van der Waals surface area contributed by atoms with E-state index in [1.165, 1.54) is 10.4 Å². The smallest absolute Gasteiger partial charge is 0.107 e. The average Bonchev–Trinajstić information content (AvgIpc) is 3.28. The van der Waals surface area contributed by atoms with E-state index in [1.807, 2.05) is 17.8 Å². The number of hydrogen-bond acceptors (Lipinski definition) is 5. The molecule has 0 bridgehead atoms. The molecule has 0 aliphatic carbocycles. The molecule has 128 valence electrons. The molecular weight excluding hydrogens is 320 g/mol. The van der Waals surface area contributed by atoms with Crippen LogP contribution in [0.2, 0.25) is 0 Å². The lowest BCUT2D eigenvalue weighted by atomic mass is 9.86. The van der Waals surface area contributed by atoms with Gasteiger partial charge in [-0.15, -0.1) is 11.3 Å². The van der Waals surface area contributed by atoms with Crippen molar-refractivity contribution in [3.8, 4) is 0 Å². The van der Waals surface area contributed by atoms with E-state index in [1.54, 1.807) is 11.3 Å². The maximum atomic E-state index is 6.33. The van der Waals surface area contributed by atoms with Gasteiger partial charge in [-0.25, -0.2) is 0 Å².